The highest BCUT2D eigenvalue weighted by molar-refractivity contribution is 7.99. The monoisotopic (exact) mass is 438 g/mol. The molecule has 0 N–H and O–H groups in total. The third kappa shape index (κ3) is 3.95. The zero-order valence-corrected chi connectivity index (χ0v) is 18.7. The second kappa shape index (κ2) is 8.93. The van der Waals surface area contributed by atoms with Gasteiger partial charge in [0, 0.05) is 10.6 Å². The van der Waals surface area contributed by atoms with E-state index in [0.29, 0.717) is 34.4 Å². The van der Waals surface area contributed by atoms with E-state index in [2.05, 4.69) is 0 Å². The van der Waals surface area contributed by atoms with Crippen LogP contribution in [0.2, 0.25) is 0 Å². The topological polar surface area (TPSA) is 53.4 Å². The maximum Gasteiger partial charge on any atom is 0.267 e. The lowest BCUT2D eigenvalue weighted by molar-refractivity contribution is 0.313. The second-order valence-corrected chi connectivity index (χ2v) is 8.95. The maximum absolute atomic E-state index is 13.4. The number of nitrogens with zero attached hydrogens (tertiary/aromatic N) is 2. The Morgan fingerprint density at radius 1 is 1.03 bits per heavy atom. The minimum atomic E-state index is -0.0267. The van der Waals surface area contributed by atoms with Crippen molar-refractivity contribution in [2.45, 2.75) is 19.0 Å². The summed E-state index contributed by atoms with van der Waals surface area (Å²) in [5.41, 5.74) is 1.79. The molecule has 0 aliphatic rings. The number of para-hydroxylation sites is 3. The second-order valence-electron chi connectivity index (χ2n) is 6.68. The Hall–Kier alpha value is -2.77. The fraction of sp³-hybridized carbons (Fsp3) is 0.217. The summed E-state index contributed by atoms with van der Waals surface area (Å²) >= 11 is 3.08. The van der Waals surface area contributed by atoms with E-state index >= 15 is 0 Å². The van der Waals surface area contributed by atoms with Crippen LogP contribution in [0, 0.1) is 13.8 Å². The minimum Gasteiger partial charge on any atom is -0.493 e. The Morgan fingerprint density at radius 3 is 2.47 bits per heavy atom. The van der Waals surface area contributed by atoms with Crippen molar-refractivity contribution in [2.24, 2.45) is 0 Å². The van der Waals surface area contributed by atoms with Crippen molar-refractivity contribution in [3.8, 4) is 17.2 Å². The molecule has 5 nitrogen and oxygen atoms in total. The smallest absolute Gasteiger partial charge is 0.267 e. The van der Waals surface area contributed by atoms with E-state index in [0.717, 1.165) is 21.0 Å². The summed E-state index contributed by atoms with van der Waals surface area (Å²) in [6, 6.07) is 17.2. The van der Waals surface area contributed by atoms with Gasteiger partial charge in [0.2, 0.25) is 0 Å². The molecule has 2 aromatic heterocycles. The number of ether oxygens (including phenoxy) is 2. The van der Waals surface area contributed by atoms with Gasteiger partial charge in [-0.05, 0) is 43.7 Å². The van der Waals surface area contributed by atoms with Gasteiger partial charge in [0.15, 0.2) is 16.7 Å². The molecule has 4 aromatic rings. The summed E-state index contributed by atoms with van der Waals surface area (Å²) in [5.74, 6) is 2.05. The molecule has 2 aromatic carbocycles. The SMILES string of the molecule is COc1ccccc1OCCSc1nc2sc(C)c(C)c2c(=O)n1-c1ccccc1. The molecule has 4 rings (SSSR count). The lowest BCUT2D eigenvalue weighted by Crippen LogP contribution is -2.22. The highest BCUT2D eigenvalue weighted by atomic mass is 32.2. The molecule has 0 amide bonds. The first-order valence-corrected chi connectivity index (χ1v) is 11.4. The van der Waals surface area contributed by atoms with Crippen LogP contribution in [0.15, 0.2) is 64.5 Å². The van der Waals surface area contributed by atoms with Gasteiger partial charge in [0.05, 0.1) is 24.8 Å². The first kappa shape index (κ1) is 20.5. The van der Waals surface area contributed by atoms with Crippen molar-refractivity contribution >= 4 is 33.3 Å². The van der Waals surface area contributed by atoms with Crippen LogP contribution in [-0.4, -0.2) is 29.0 Å². The molecule has 2 heterocycles. The van der Waals surface area contributed by atoms with E-state index < -0.39 is 0 Å². The van der Waals surface area contributed by atoms with Crippen molar-refractivity contribution < 1.29 is 9.47 Å². The highest BCUT2D eigenvalue weighted by Gasteiger charge is 2.18. The Kier molecular flexibility index (Phi) is 6.11. The maximum atomic E-state index is 13.4. The number of aryl methyl sites for hydroxylation is 2. The van der Waals surface area contributed by atoms with Gasteiger partial charge in [-0.15, -0.1) is 11.3 Å². The Morgan fingerprint density at radius 2 is 1.73 bits per heavy atom. The number of fused-ring (bicyclic) bond motifs is 1. The summed E-state index contributed by atoms with van der Waals surface area (Å²) in [4.78, 5) is 20.1. The average Bonchev–Trinajstić information content (AvgIpc) is 3.05. The van der Waals surface area contributed by atoms with Gasteiger partial charge >= 0.3 is 0 Å². The first-order valence-electron chi connectivity index (χ1n) is 9.57. The molecule has 7 heteroatoms. The van der Waals surface area contributed by atoms with E-state index in [4.69, 9.17) is 14.5 Å². The van der Waals surface area contributed by atoms with E-state index in [9.17, 15) is 4.79 Å². The van der Waals surface area contributed by atoms with Crippen LogP contribution < -0.4 is 15.0 Å². The molecule has 0 fully saturated rings. The number of thioether (sulfide) groups is 1. The van der Waals surface area contributed by atoms with Gasteiger partial charge < -0.3 is 9.47 Å². The fourth-order valence-corrected chi connectivity index (χ4v) is 5.10. The van der Waals surface area contributed by atoms with Crippen LogP contribution in [0.5, 0.6) is 11.5 Å². The summed E-state index contributed by atoms with van der Waals surface area (Å²) < 4.78 is 12.9. The minimum absolute atomic E-state index is 0.0267. The number of methoxy groups -OCH3 is 1. The molecular weight excluding hydrogens is 416 g/mol. The molecule has 0 bridgehead atoms. The Bertz CT molecular complexity index is 1230. The van der Waals surface area contributed by atoms with Crippen molar-refractivity contribution in [3.63, 3.8) is 0 Å². The van der Waals surface area contributed by atoms with Crippen LogP contribution in [0.1, 0.15) is 10.4 Å². The Labute approximate surface area is 183 Å². The predicted octanol–water partition coefficient (Wildman–Crippen LogP) is 5.24. The number of rotatable bonds is 7. The molecule has 0 radical (unpaired) electrons. The molecule has 0 spiro atoms. The average molecular weight is 439 g/mol. The lowest BCUT2D eigenvalue weighted by Gasteiger charge is -2.13. The summed E-state index contributed by atoms with van der Waals surface area (Å²) in [5, 5.41) is 1.37. The van der Waals surface area contributed by atoms with Crippen molar-refractivity contribution in [1.29, 1.82) is 0 Å². The third-order valence-electron chi connectivity index (χ3n) is 4.83. The number of thiophene rings is 1. The summed E-state index contributed by atoms with van der Waals surface area (Å²) in [7, 11) is 1.62. The number of hydrogen-bond acceptors (Lipinski definition) is 6. The van der Waals surface area contributed by atoms with Crippen molar-refractivity contribution in [2.75, 3.05) is 19.5 Å². The molecule has 0 aliphatic carbocycles. The summed E-state index contributed by atoms with van der Waals surface area (Å²) in [6.07, 6.45) is 0. The first-order chi connectivity index (χ1) is 14.6. The molecule has 0 saturated heterocycles. The van der Waals surface area contributed by atoms with Gasteiger partial charge in [-0.1, -0.05) is 42.1 Å². The lowest BCUT2D eigenvalue weighted by atomic mass is 10.2. The molecule has 0 atom stereocenters. The molecule has 0 unspecified atom stereocenters. The quantitative estimate of drug-likeness (QED) is 0.224. The van der Waals surface area contributed by atoms with Crippen LogP contribution in [0.4, 0.5) is 0 Å². The zero-order valence-electron chi connectivity index (χ0n) is 17.0. The van der Waals surface area contributed by atoms with Crippen molar-refractivity contribution in [1.82, 2.24) is 9.55 Å². The number of benzene rings is 2. The van der Waals surface area contributed by atoms with Gasteiger partial charge in [-0.2, -0.15) is 0 Å². The summed E-state index contributed by atoms with van der Waals surface area (Å²) in [6.45, 7) is 4.48. The molecule has 30 heavy (non-hydrogen) atoms. The Balaban J connectivity index is 1.64. The van der Waals surface area contributed by atoms with Crippen molar-refractivity contribution in [3.05, 3.63) is 75.4 Å². The van der Waals surface area contributed by atoms with Gasteiger partial charge in [-0.25, -0.2) is 4.98 Å². The third-order valence-corrected chi connectivity index (χ3v) is 6.83. The molecule has 154 valence electrons. The molecule has 0 saturated carbocycles. The number of aromatic nitrogens is 2. The fourth-order valence-electron chi connectivity index (χ4n) is 3.20. The van der Waals surface area contributed by atoms with Crippen LogP contribution in [-0.2, 0) is 0 Å². The van der Waals surface area contributed by atoms with Crippen LogP contribution in [0.25, 0.3) is 15.9 Å². The molecular formula is C23H22N2O3S2. The number of hydrogen-bond donors (Lipinski definition) is 0. The zero-order chi connectivity index (χ0) is 21.1. The van der Waals surface area contributed by atoms with E-state index in [1.165, 1.54) is 11.8 Å². The van der Waals surface area contributed by atoms with Crippen LogP contribution >= 0.6 is 23.1 Å². The largest absolute Gasteiger partial charge is 0.493 e. The van der Waals surface area contributed by atoms with E-state index in [1.807, 2.05) is 68.4 Å². The highest BCUT2D eigenvalue weighted by Crippen LogP contribution is 2.30. The van der Waals surface area contributed by atoms with E-state index in [-0.39, 0.29) is 5.56 Å². The standard InChI is InChI=1S/C23H22N2O3S2/c1-15-16(2)30-21-20(15)22(26)25(17-9-5-4-6-10-17)23(24-21)29-14-13-28-19-12-8-7-11-18(19)27-3/h4-12H,13-14H2,1-3H3. The molecule has 0 aliphatic heterocycles. The van der Waals surface area contributed by atoms with Gasteiger partial charge in [0.1, 0.15) is 4.83 Å². The van der Waals surface area contributed by atoms with Gasteiger partial charge in [0.25, 0.3) is 5.56 Å². The normalized spacial score (nSPS) is 11.0. The van der Waals surface area contributed by atoms with Crippen LogP contribution in [0.3, 0.4) is 0 Å². The van der Waals surface area contributed by atoms with Gasteiger partial charge in [-0.3, -0.25) is 9.36 Å². The van der Waals surface area contributed by atoms with E-state index in [1.54, 1.807) is 23.0 Å². The predicted molar refractivity (Wildman–Crippen MR) is 124 cm³/mol.